The van der Waals surface area contributed by atoms with Crippen molar-refractivity contribution in [3.63, 3.8) is 0 Å². The fraction of sp³-hybridized carbons (Fsp3) is 0.667. The van der Waals surface area contributed by atoms with Gasteiger partial charge in [0.05, 0.1) is 24.0 Å². The Morgan fingerprint density at radius 3 is 3.16 bits per heavy atom. The molecular formula is C15H22N2O2. The molecule has 1 aromatic heterocycles. The van der Waals surface area contributed by atoms with E-state index in [1.54, 1.807) is 7.11 Å². The lowest BCUT2D eigenvalue weighted by atomic mass is 9.98. The maximum absolute atomic E-state index is 6.01. The highest BCUT2D eigenvalue weighted by Crippen LogP contribution is 2.36. The third kappa shape index (κ3) is 2.81. The number of hydrogen-bond donors (Lipinski definition) is 0. The minimum Gasteiger partial charge on any atom is -0.379 e. The van der Waals surface area contributed by atoms with Crippen molar-refractivity contribution in [2.75, 3.05) is 26.8 Å². The van der Waals surface area contributed by atoms with E-state index in [4.69, 9.17) is 9.47 Å². The number of aromatic nitrogens is 1. The van der Waals surface area contributed by atoms with E-state index in [-0.39, 0.29) is 11.7 Å². The second-order valence-corrected chi connectivity index (χ2v) is 5.79. The Hall–Kier alpha value is -0.970. The molecule has 0 bridgehead atoms. The Kier molecular flexibility index (Phi) is 3.56. The van der Waals surface area contributed by atoms with Crippen molar-refractivity contribution in [1.29, 1.82) is 0 Å². The van der Waals surface area contributed by atoms with Crippen LogP contribution in [0.4, 0.5) is 0 Å². The van der Waals surface area contributed by atoms with Gasteiger partial charge in [0.1, 0.15) is 0 Å². The molecule has 2 fully saturated rings. The number of aryl methyl sites for hydroxylation is 1. The fourth-order valence-electron chi connectivity index (χ4n) is 3.22. The molecule has 2 atom stereocenters. The molecule has 3 rings (SSSR count). The number of likely N-dealkylation sites (tertiary alicyclic amines) is 1. The van der Waals surface area contributed by atoms with Crippen LogP contribution in [0.2, 0.25) is 0 Å². The predicted octanol–water partition coefficient (Wildman–Crippen LogP) is 1.77. The zero-order valence-corrected chi connectivity index (χ0v) is 11.8. The quantitative estimate of drug-likeness (QED) is 0.831. The molecule has 0 amide bonds. The van der Waals surface area contributed by atoms with Crippen LogP contribution in [0.1, 0.15) is 24.2 Å². The number of ether oxygens (including phenoxy) is 2. The summed E-state index contributed by atoms with van der Waals surface area (Å²) in [7, 11) is 1.77. The van der Waals surface area contributed by atoms with E-state index >= 15 is 0 Å². The van der Waals surface area contributed by atoms with Gasteiger partial charge in [-0.1, -0.05) is 6.07 Å². The van der Waals surface area contributed by atoms with Crippen LogP contribution in [-0.2, 0) is 16.0 Å². The highest BCUT2D eigenvalue weighted by molar-refractivity contribution is 5.10. The maximum atomic E-state index is 6.01. The average molecular weight is 262 g/mol. The van der Waals surface area contributed by atoms with Gasteiger partial charge in [0.25, 0.3) is 0 Å². The SMILES string of the molecule is CO[C@H]1CO[C@]2(CCN(Cc3cccc(C)n3)C2)C1. The molecule has 1 spiro atoms. The van der Waals surface area contributed by atoms with Crippen LogP contribution in [0.5, 0.6) is 0 Å². The maximum Gasteiger partial charge on any atom is 0.0847 e. The zero-order chi connectivity index (χ0) is 13.3. The van der Waals surface area contributed by atoms with Gasteiger partial charge in [-0.3, -0.25) is 9.88 Å². The second kappa shape index (κ2) is 5.19. The van der Waals surface area contributed by atoms with Gasteiger partial charge in [-0.05, 0) is 25.5 Å². The van der Waals surface area contributed by atoms with E-state index in [0.717, 1.165) is 50.5 Å². The van der Waals surface area contributed by atoms with Crippen LogP contribution in [0.15, 0.2) is 18.2 Å². The van der Waals surface area contributed by atoms with E-state index in [2.05, 4.69) is 22.0 Å². The molecule has 0 aliphatic carbocycles. The Balaban J connectivity index is 1.60. The van der Waals surface area contributed by atoms with Gasteiger partial charge in [0.2, 0.25) is 0 Å². The lowest BCUT2D eigenvalue weighted by molar-refractivity contribution is 0.00627. The number of methoxy groups -OCH3 is 1. The van der Waals surface area contributed by atoms with Gasteiger partial charge in [-0.2, -0.15) is 0 Å². The van der Waals surface area contributed by atoms with E-state index in [0.29, 0.717) is 0 Å². The zero-order valence-electron chi connectivity index (χ0n) is 11.8. The van der Waals surface area contributed by atoms with Crippen LogP contribution in [0.25, 0.3) is 0 Å². The Bertz CT molecular complexity index is 452. The molecule has 0 saturated carbocycles. The summed E-state index contributed by atoms with van der Waals surface area (Å²) in [6.45, 7) is 5.80. The van der Waals surface area contributed by atoms with E-state index in [1.807, 2.05) is 13.0 Å². The number of nitrogens with zero attached hydrogens (tertiary/aromatic N) is 2. The van der Waals surface area contributed by atoms with Crippen molar-refractivity contribution >= 4 is 0 Å². The molecule has 19 heavy (non-hydrogen) atoms. The Morgan fingerprint density at radius 2 is 2.42 bits per heavy atom. The largest absolute Gasteiger partial charge is 0.379 e. The second-order valence-electron chi connectivity index (χ2n) is 5.79. The lowest BCUT2D eigenvalue weighted by Crippen LogP contribution is -2.33. The smallest absolute Gasteiger partial charge is 0.0847 e. The first-order valence-electron chi connectivity index (χ1n) is 7.01. The van der Waals surface area contributed by atoms with Crippen molar-refractivity contribution in [3.05, 3.63) is 29.6 Å². The first kappa shape index (κ1) is 13.0. The van der Waals surface area contributed by atoms with Crippen LogP contribution in [-0.4, -0.2) is 48.4 Å². The van der Waals surface area contributed by atoms with Crippen molar-refractivity contribution in [1.82, 2.24) is 9.88 Å². The molecule has 104 valence electrons. The number of hydrogen-bond acceptors (Lipinski definition) is 4. The van der Waals surface area contributed by atoms with Crippen molar-refractivity contribution in [2.24, 2.45) is 0 Å². The summed E-state index contributed by atoms with van der Waals surface area (Å²) in [5.74, 6) is 0. The summed E-state index contributed by atoms with van der Waals surface area (Å²) >= 11 is 0. The molecule has 0 aromatic carbocycles. The Morgan fingerprint density at radius 1 is 1.53 bits per heavy atom. The van der Waals surface area contributed by atoms with Gasteiger partial charge in [-0.25, -0.2) is 0 Å². The summed E-state index contributed by atoms with van der Waals surface area (Å²) in [5, 5.41) is 0. The molecule has 1 aromatic rings. The highest BCUT2D eigenvalue weighted by atomic mass is 16.6. The summed E-state index contributed by atoms with van der Waals surface area (Å²) in [6, 6.07) is 6.22. The molecule has 0 unspecified atom stereocenters. The summed E-state index contributed by atoms with van der Waals surface area (Å²) in [5.41, 5.74) is 2.27. The van der Waals surface area contributed by atoms with Crippen LogP contribution in [0, 0.1) is 6.92 Å². The topological polar surface area (TPSA) is 34.6 Å². The average Bonchev–Trinajstić information content (AvgIpc) is 2.97. The third-order valence-corrected chi connectivity index (χ3v) is 4.24. The fourth-order valence-corrected chi connectivity index (χ4v) is 3.22. The lowest BCUT2D eigenvalue weighted by Gasteiger charge is -2.23. The molecule has 2 aliphatic rings. The number of rotatable bonds is 3. The van der Waals surface area contributed by atoms with Crippen LogP contribution in [0.3, 0.4) is 0 Å². The molecule has 4 nitrogen and oxygen atoms in total. The van der Waals surface area contributed by atoms with Crippen LogP contribution < -0.4 is 0 Å². The van der Waals surface area contributed by atoms with Crippen molar-refractivity contribution < 1.29 is 9.47 Å². The van der Waals surface area contributed by atoms with Crippen LogP contribution >= 0.6 is 0 Å². The minimum atomic E-state index is 0.0322. The Labute approximate surface area is 114 Å². The normalized spacial score (nSPS) is 31.4. The molecule has 2 saturated heterocycles. The van der Waals surface area contributed by atoms with Crippen molar-refractivity contribution in [2.45, 2.75) is 38.0 Å². The van der Waals surface area contributed by atoms with Gasteiger partial charge in [-0.15, -0.1) is 0 Å². The van der Waals surface area contributed by atoms with Gasteiger partial charge in [0, 0.05) is 38.9 Å². The monoisotopic (exact) mass is 262 g/mol. The standard InChI is InChI=1S/C15H22N2O2/c1-12-4-3-5-13(16-12)9-17-7-6-15(11-17)8-14(18-2)10-19-15/h3-5,14H,6-11H2,1-2H3/t14-,15-/m1/s1. The highest BCUT2D eigenvalue weighted by Gasteiger charge is 2.45. The number of pyridine rings is 1. The molecule has 0 radical (unpaired) electrons. The molecule has 0 N–H and O–H groups in total. The van der Waals surface area contributed by atoms with E-state index in [1.165, 1.54) is 0 Å². The predicted molar refractivity (Wildman–Crippen MR) is 73.0 cm³/mol. The third-order valence-electron chi connectivity index (χ3n) is 4.24. The molecule has 4 heteroatoms. The summed E-state index contributed by atoms with van der Waals surface area (Å²) in [4.78, 5) is 7.02. The molecule has 2 aliphatic heterocycles. The van der Waals surface area contributed by atoms with Gasteiger partial charge < -0.3 is 9.47 Å². The van der Waals surface area contributed by atoms with Gasteiger partial charge in [0.15, 0.2) is 0 Å². The van der Waals surface area contributed by atoms with E-state index in [9.17, 15) is 0 Å². The first-order chi connectivity index (χ1) is 9.19. The summed E-state index contributed by atoms with van der Waals surface area (Å²) in [6.07, 6.45) is 2.41. The minimum absolute atomic E-state index is 0.0322. The first-order valence-corrected chi connectivity index (χ1v) is 7.01. The van der Waals surface area contributed by atoms with E-state index < -0.39 is 0 Å². The molecular weight excluding hydrogens is 240 g/mol. The summed E-state index contributed by atoms with van der Waals surface area (Å²) < 4.78 is 11.4. The van der Waals surface area contributed by atoms with Gasteiger partial charge >= 0.3 is 0 Å². The van der Waals surface area contributed by atoms with Crippen molar-refractivity contribution in [3.8, 4) is 0 Å². The molecule has 3 heterocycles.